The van der Waals surface area contributed by atoms with E-state index in [1.54, 1.807) is 6.20 Å². The molecule has 0 saturated heterocycles. The van der Waals surface area contributed by atoms with Crippen LogP contribution in [0.3, 0.4) is 0 Å². The predicted molar refractivity (Wildman–Crippen MR) is 72.0 cm³/mol. The van der Waals surface area contributed by atoms with Crippen LogP contribution in [0.4, 0.5) is 0 Å². The normalized spacial score (nSPS) is 15.1. The van der Waals surface area contributed by atoms with E-state index >= 15 is 0 Å². The van der Waals surface area contributed by atoms with Crippen molar-refractivity contribution in [3.63, 3.8) is 0 Å². The highest BCUT2D eigenvalue weighted by Crippen LogP contribution is 2.16. The summed E-state index contributed by atoms with van der Waals surface area (Å²) in [5.41, 5.74) is 2.67. The van der Waals surface area contributed by atoms with Crippen molar-refractivity contribution in [2.75, 3.05) is 0 Å². The number of unbranched alkanes of at least 4 members (excludes halogenated alkanes) is 3. The van der Waals surface area contributed by atoms with E-state index in [0.717, 1.165) is 6.42 Å². The van der Waals surface area contributed by atoms with Crippen LogP contribution in [0.5, 0.6) is 0 Å². The summed E-state index contributed by atoms with van der Waals surface area (Å²) in [4.78, 5) is 0. The summed E-state index contributed by atoms with van der Waals surface area (Å²) in [6.45, 7) is 5.95. The first-order chi connectivity index (χ1) is 7.86. The first-order valence-electron chi connectivity index (χ1n) is 6.30. The van der Waals surface area contributed by atoms with Crippen molar-refractivity contribution in [1.82, 2.24) is 5.32 Å². The number of nitrogens with one attached hydrogen (secondary N) is 1. The first-order valence-corrected chi connectivity index (χ1v) is 6.30. The fourth-order valence-electron chi connectivity index (χ4n) is 1.86. The zero-order valence-corrected chi connectivity index (χ0v) is 10.3. The minimum Gasteiger partial charge on any atom is -0.365 e. The summed E-state index contributed by atoms with van der Waals surface area (Å²) < 4.78 is 0. The van der Waals surface area contributed by atoms with Crippen molar-refractivity contribution in [2.45, 2.75) is 45.4 Å². The molecule has 1 nitrogen and oxygen atoms in total. The van der Waals surface area contributed by atoms with E-state index in [1.807, 2.05) is 0 Å². The average molecular weight is 217 g/mol. The van der Waals surface area contributed by atoms with Crippen LogP contribution in [0.15, 0.2) is 48.4 Å². The van der Waals surface area contributed by atoms with Gasteiger partial charge >= 0.3 is 0 Å². The summed E-state index contributed by atoms with van der Waals surface area (Å²) >= 11 is 0. The number of rotatable bonds is 7. The monoisotopic (exact) mass is 217 g/mol. The molecular formula is C15H23N. The molecule has 0 aromatic carbocycles. The molecule has 0 amide bonds. The van der Waals surface area contributed by atoms with E-state index < -0.39 is 0 Å². The Bertz CT molecular complexity index is 295. The maximum Gasteiger partial charge on any atom is 0.0187 e. The molecule has 1 rings (SSSR count). The van der Waals surface area contributed by atoms with Gasteiger partial charge in [0.25, 0.3) is 0 Å². The van der Waals surface area contributed by atoms with Gasteiger partial charge in [0, 0.05) is 12.1 Å². The predicted octanol–water partition coefficient (Wildman–Crippen LogP) is 4.46. The summed E-state index contributed by atoms with van der Waals surface area (Å²) in [6, 6.07) is 0. The lowest BCUT2D eigenvalue weighted by atomic mass is 10.1. The minimum absolute atomic E-state index is 0.973. The van der Waals surface area contributed by atoms with Gasteiger partial charge in [-0.05, 0) is 30.7 Å². The molecule has 0 bridgehead atoms. The Kier molecular flexibility index (Phi) is 6.39. The molecule has 0 fully saturated rings. The van der Waals surface area contributed by atoms with Crippen LogP contribution in [0.1, 0.15) is 45.4 Å². The van der Waals surface area contributed by atoms with Crippen LogP contribution in [0, 0.1) is 0 Å². The zero-order valence-electron chi connectivity index (χ0n) is 10.3. The Morgan fingerprint density at radius 2 is 2.25 bits per heavy atom. The van der Waals surface area contributed by atoms with E-state index in [4.69, 9.17) is 0 Å². The van der Waals surface area contributed by atoms with Crippen LogP contribution >= 0.6 is 0 Å². The molecule has 0 unspecified atom stereocenters. The van der Waals surface area contributed by atoms with Gasteiger partial charge in [-0.2, -0.15) is 0 Å². The van der Waals surface area contributed by atoms with Gasteiger partial charge in [-0.25, -0.2) is 0 Å². The lowest BCUT2D eigenvalue weighted by molar-refractivity contribution is 0.668. The SMILES string of the molecule is C=CNC1=CC(CCCCCC)=CC=CC1. The molecule has 0 aliphatic heterocycles. The lowest BCUT2D eigenvalue weighted by Crippen LogP contribution is -2.03. The van der Waals surface area contributed by atoms with E-state index in [2.05, 4.69) is 43.1 Å². The highest BCUT2D eigenvalue weighted by Gasteiger charge is 1.99. The molecule has 0 heterocycles. The lowest BCUT2D eigenvalue weighted by Gasteiger charge is -2.05. The Balaban J connectivity index is 2.43. The van der Waals surface area contributed by atoms with Crippen LogP contribution < -0.4 is 5.32 Å². The molecule has 0 radical (unpaired) electrons. The minimum atomic E-state index is 0.973. The maximum atomic E-state index is 3.70. The highest BCUT2D eigenvalue weighted by atomic mass is 14.8. The third-order valence-electron chi connectivity index (χ3n) is 2.75. The van der Waals surface area contributed by atoms with Gasteiger partial charge in [0.2, 0.25) is 0 Å². The fourth-order valence-corrected chi connectivity index (χ4v) is 1.86. The molecule has 1 aliphatic rings. The van der Waals surface area contributed by atoms with E-state index in [1.165, 1.54) is 43.4 Å². The van der Waals surface area contributed by atoms with E-state index in [0.29, 0.717) is 0 Å². The van der Waals surface area contributed by atoms with Gasteiger partial charge in [0.1, 0.15) is 0 Å². The Hall–Kier alpha value is -1.24. The Morgan fingerprint density at radius 3 is 3.00 bits per heavy atom. The van der Waals surface area contributed by atoms with Crippen LogP contribution in [-0.2, 0) is 0 Å². The molecule has 1 heteroatoms. The smallest absolute Gasteiger partial charge is 0.0187 e. The molecule has 88 valence electrons. The number of hydrogen-bond acceptors (Lipinski definition) is 1. The largest absolute Gasteiger partial charge is 0.365 e. The second-order valence-corrected chi connectivity index (χ2v) is 4.20. The zero-order chi connectivity index (χ0) is 11.6. The highest BCUT2D eigenvalue weighted by molar-refractivity contribution is 5.31. The van der Waals surface area contributed by atoms with Crippen LogP contribution in [0.25, 0.3) is 0 Å². The van der Waals surface area contributed by atoms with Crippen molar-refractivity contribution in [2.24, 2.45) is 0 Å². The van der Waals surface area contributed by atoms with Crippen molar-refractivity contribution < 1.29 is 0 Å². The van der Waals surface area contributed by atoms with Gasteiger partial charge in [0.15, 0.2) is 0 Å². The molecule has 0 atom stereocenters. The maximum absolute atomic E-state index is 3.70. The van der Waals surface area contributed by atoms with Crippen LogP contribution in [-0.4, -0.2) is 0 Å². The molecule has 16 heavy (non-hydrogen) atoms. The third-order valence-corrected chi connectivity index (χ3v) is 2.75. The average Bonchev–Trinajstić information content (AvgIpc) is 2.51. The molecular weight excluding hydrogens is 194 g/mol. The van der Waals surface area contributed by atoms with Crippen LogP contribution in [0.2, 0.25) is 0 Å². The summed E-state index contributed by atoms with van der Waals surface area (Å²) in [6.07, 6.45) is 18.0. The quantitative estimate of drug-likeness (QED) is 0.621. The number of hydrogen-bond donors (Lipinski definition) is 1. The first kappa shape index (κ1) is 12.8. The molecule has 0 spiro atoms. The molecule has 1 N–H and O–H groups in total. The third kappa shape index (κ3) is 5.01. The molecule has 0 aromatic rings. The molecule has 0 saturated carbocycles. The summed E-state index contributed by atoms with van der Waals surface area (Å²) in [7, 11) is 0. The van der Waals surface area contributed by atoms with Gasteiger partial charge in [-0.15, -0.1) is 0 Å². The van der Waals surface area contributed by atoms with Crippen molar-refractivity contribution in [3.8, 4) is 0 Å². The van der Waals surface area contributed by atoms with Crippen molar-refractivity contribution >= 4 is 0 Å². The van der Waals surface area contributed by atoms with Gasteiger partial charge in [-0.3, -0.25) is 0 Å². The van der Waals surface area contributed by atoms with Crippen molar-refractivity contribution in [1.29, 1.82) is 0 Å². The Morgan fingerprint density at radius 1 is 1.38 bits per heavy atom. The fraction of sp³-hybridized carbons (Fsp3) is 0.467. The topological polar surface area (TPSA) is 12.0 Å². The van der Waals surface area contributed by atoms with E-state index in [-0.39, 0.29) is 0 Å². The standard InChI is InChI=1S/C15H23N/c1-3-5-6-7-10-14-11-8-9-12-15(13-14)16-4-2/h4,8-9,11,13,16H,2-3,5-7,10,12H2,1H3. The summed E-state index contributed by atoms with van der Waals surface area (Å²) in [5.74, 6) is 0. The molecule has 0 aromatic heterocycles. The van der Waals surface area contributed by atoms with E-state index in [9.17, 15) is 0 Å². The second kappa shape index (κ2) is 7.98. The second-order valence-electron chi connectivity index (χ2n) is 4.20. The van der Waals surface area contributed by atoms with Gasteiger partial charge in [0.05, 0.1) is 0 Å². The summed E-state index contributed by atoms with van der Waals surface area (Å²) in [5, 5.41) is 3.19. The Labute approximate surface area is 99.6 Å². The molecule has 1 aliphatic carbocycles. The van der Waals surface area contributed by atoms with Gasteiger partial charge in [-0.1, -0.05) is 51.0 Å². The van der Waals surface area contributed by atoms with Gasteiger partial charge < -0.3 is 5.32 Å². The number of allylic oxidation sites excluding steroid dienone is 5. The van der Waals surface area contributed by atoms with Crippen molar-refractivity contribution in [3.05, 3.63) is 48.4 Å².